The van der Waals surface area contributed by atoms with Crippen molar-refractivity contribution in [2.24, 2.45) is 0 Å². The van der Waals surface area contributed by atoms with E-state index in [-0.39, 0.29) is 12.5 Å². The molecule has 0 aliphatic rings. The quantitative estimate of drug-likeness (QED) is 0.827. The largest absolute Gasteiger partial charge is 0.372 e. The first-order chi connectivity index (χ1) is 8.06. The molecular formula is C12H15Cl2NO2. The van der Waals surface area contributed by atoms with Crippen molar-refractivity contribution in [3.05, 3.63) is 33.8 Å². The molecule has 1 rings (SSSR count). The van der Waals surface area contributed by atoms with E-state index in [1.807, 2.05) is 19.1 Å². The van der Waals surface area contributed by atoms with E-state index in [9.17, 15) is 4.79 Å². The number of likely N-dealkylation sites (N-methyl/N-ethyl adjacent to an activating group) is 1. The highest BCUT2D eigenvalue weighted by molar-refractivity contribution is 6.42. The molecule has 1 aromatic carbocycles. The van der Waals surface area contributed by atoms with Gasteiger partial charge in [-0.3, -0.25) is 4.79 Å². The Morgan fingerprint density at radius 1 is 1.41 bits per heavy atom. The van der Waals surface area contributed by atoms with Gasteiger partial charge in [-0.1, -0.05) is 35.3 Å². The van der Waals surface area contributed by atoms with Crippen LogP contribution in [0.4, 0.5) is 0 Å². The van der Waals surface area contributed by atoms with Gasteiger partial charge in [-0.25, -0.2) is 0 Å². The van der Waals surface area contributed by atoms with Crippen molar-refractivity contribution in [3.8, 4) is 0 Å². The molecule has 5 heteroatoms. The minimum Gasteiger partial charge on any atom is -0.372 e. The number of hydrogen-bond donors (Lipinski definition) is 0. The van der Waals surface area contributed by atoms with Gasteiger partial charge < -0.3 is 9.64 Å². The van der Waals surface area contributed by atoms with Gasteiger partial charge in [0.2, 0.25) is 5.91 Å². The fraction of sp³-hybridized carbons (Fsp3) is 0.417. The fourth-order valence-electron chi connectivity index (χ4n) is 1.31. The van der Waals surface area contributed by atoms with Gasteiger partial charge in [-0.15, -0.1) is 0 Å². The molecule has 17 heavy (non-hydrogen) atoms. The lowest BCUT2D eigenvalue weighted by Crippen LogP contribution is -2.30. The molecule has 1 aromatic rings. The summed E-state index contributed by atoms with van der Waals surface area (Å²) in [6.45, 7) is 2.88. The molecule has 0 spiro atoms. The van der Waals surface area contributed by atoms with Crippen LogP contribution in [0.15, 0.2) is 18.2 Å². The first-order valence-corrected chi connectivity index (χ1v) is 6.06. The third-order valence-corrected chi connectivity index (χ3v) is 3.15. The Labute approximate surface area is 111 Å². The average molecular weight is 276 g/mol. The van der Waals surface area contributed by atoms with Crippen molar-refractivity contribution in [2.75, 3.05) is 20.3 Å². The molecule has 0 bridgehead atoms. The van der Waals surface area contributed by atoms with E-state index in [2.05, 4.69) is 0 Å². The molecule has 0 fully saturated rings. The Morgan fingerprint density at radius 3 is 2.76 bits per heavy atom. The Balaban J connectivity index is 2.64. The summed E-state index contributed by atoms with van der Waals surface area (Å²) in [4.78, 5) is 13.2. The number of hydrogen-bond acceptors (Lipinski definition) is 2. The zero-order valence-corrected chi connectivity index (χ0v) is 11.4. The molecule has 0 saturated heterocycles. The van der Waals surface area contributed by atoms with Gasteiger partial charge in [0.25, 0.3) is 0 Å². The zero-order chi connectivity index (χ0) is 12.8. The number of benzene rings is 1. The van der Waals surface area contributed by atoms with Crippen LogP contribution in [0.5, 0.6) is 0 Å². The number of halogens is 2. The molecule has 0 atom stereocenters. The van der Waals surface area contributed by atoms with Gasteiger partial charge >= 0.3 is 0 Å². The van der Waals surface area contributed by atoms with Gasteiger partial charge in [-0.2, -0.15) is 0 Å². The molecule has 0 aliphatic carbocycles. The minimum atomic E-state index is -0.0807. The van der Waals surface area contributed by atoms with E-state index in [1.54, 1.807) is 18.0 Å². The van der Waals surface area contributed by atoms with Crippen LogP contribution in [0.1, 0.15) is 12.5 Å². The highest BCUT2D eigenvalue weighted by Crippen LogP contribution is 2.26. The normalized spacial score (nSPS) is 10.4. The third-order valence-electron chi connectivity index (χ3n) is 2.29. The van der Waals surface area contributed by atoms with Crippen LogP contribution in [0, 0.1) is 0 Å². The Hall–Kier alpha value is -0.770. The SMILES string of the molecule is CCOCC(=O)N(C)Cc1cccc(Cl)c1Cl. The summed E-state index contributed by atoms with van der Waals surface area (Å²) < 4.78 is 5.06. The molecule has 0 N–H and O–H groups in total. The topological polar surface area (TPSA) is 29.5 Å². The van der Waals surface area contributed by atoms with Crippen LogP contribution in [0.3, 0.4) is 0 Å². The molecule has 94 valence electrons. The van der Waals surface area contributed by atoms with Gasteiger partial charge in [0.05, 0.1) is 10.0 Å². The smallest absolute Gasteiger partial charge is 0.248 e. The van der Waals surface area contributed by atoms with E-state index in [0.29, 0.717) is 23.2 Å². The molecule has 3 nitrogen and oxygen atoms in total. The molecule has 0 radical (unpaired) electrons. The van der Waals surface area contributed by atoms with E-state index in [0.717, 1.165) is 5.56 Å². The van der Waals surface area contributed by atoms with E-state index in [1.165, 1.54) is 0 Å². The van der Waals surface area contributed by atoms with Gasteiger partial charge in [-0.05, 0) is 18.6 Å². The maximum Gasteiger partial charge on any atom is 0.248 e. The maximum atomic E-state index is 11.6. The minimum absolute atomic E-state index is 0.0807. The van der Waals surface area contributed by atoms with Crippen molar-refractivity contribution in [2.45, 2.75) is 13.5 Å². The van der Waals surface area contributed by atoms with Crippen LogP contribution in [-0.2, 0) is 16.1 Å². The van der Waals surface area contributed by atoms with Crippen LogP contribution in [0.25, 0.3) is 0 Å². The van der Waals surface area contributed by atoms with Crippen molar-refractivity contribution >= 4 is 29.1 Å². The van der Waals surface area contributed by atoms with Crippen LogP contribution < -0.4 is 0 Å². The summed E-state index contributed by atoms with van der Waals surface area (Å²) in [5, 5.41) is 0.986. The average Bonchev–Trinajstić information content (AvgIpc) is 2.31. The number of nitrogens with zero attached hydrogens (tertiary/aromatic N) is 1. The summed E-state index contributed by atoms with van der Waals surface area (Å²) in [6, 6.07) is 5.37. The second kappa shape index (κ2) is 6.84. The van der Waals surface area contributed by atoms with Crippen LogP contribution in [0.2, 0.25) is 10.0 Å². The summed E-state index contributed by atoms with van der Waals surface area (Å²) in [5.41, 5.74) is 0.825. The first kappa shape index (κ1) is 14.3. The number of amides is 1. The second-order valence-corrected chi connectivity index (χ2v) is 4.39. The maximum absolute atomic E-state index is 11.6. The van der Waals surface area contributed by atoms with E-state index in [4.69, 9.17) is 27.9 Å². The molecule has 0 unspecified atom stereocenters. The van der Waals surface area contributed by atoms with Crippen molar-refractivity contribution in [1.82, 2.24) is 4.90 Å². The Morgan fingerprint density at radius 2 is 2.12 bits per heavy atom. The standard InChI is InChI=1S/C12H15Cl2NO2/c1-3-17-8-11(16)15(2)7-9-5-4-6-10(13)12(9)14/h4-6H,3,7-8H2,1-2H3. The van der Waals surface area contributed by atoms with E-state index >= 15 is 0 Å². The number of carbonyl (C=O) groups is 1. The third kappa shape index (κ3) is 4.19. The molecule has 0 saturated carbocycles. The lowest BCUT2D eigenvalue weighted by molar-refractivity contribution is -0.135. The summed E-state index contributed by atoms with van der Waals surface area (Å²) in [5.74, 6) is -0.0807. The fourth-order valence-corrected chi connectivity index (χ4v) is 1.69. The van der Waals surface area contributed by atoms with Crippen molar-refractivity contribution in [1.29, 1.82) is 0 Å². The molecular weight excluding hydrogens is 261 g/mol. The molecule has 1 amide bonds. The summed E-state index contributed by atoms with van der Waals surface area (Å²) >= 11 is 11.9. The van der Waals surface area contributed by atoms with E-state index < -0.39 is 0 Å². The zero-order valence-electron chi connectivity index (χ0n) is 9.87. The summed E-state index contributed by atoms with van der Waals surface area (Å²) in [7, 11) is 1.71. The molecule has 0 heterocycles. The van der Waals surface area contributed by atoms with Gasteiger partial charge in [0, 0.05) is 20.2 Å². The Bertz CT molecular complexity index is 396. The summed E-state index contributed by atoms with van der Waals surface area (Å²) in [6.07, 6.45) is 0. The van der Waals surface area contributed by atoms with Crippen LogP contribution >= 0.6 is 23.2 Å². The van der Waals surface area contributed by atoms with Gasteiger partial charge in [0.15, 0.2) is 0 Å². The van der Waals surface area contributed by atoms with Gasteiger partial charge in [0.1, 0.15) is 6.61 Å². The molecule has 0 aliphatic heterocycles. The predicted octanol–water partition coefficient (Wildman–Crippen LogP) is 2.99. The Kier molecular flexibility index (Phi) is 5.75. The lowest BCUT2D eigenvalue weighted by atomic mass is 10.2. The van der Waals surface area contributed by atoms with Crippen molar-refractivity contribution < 1.29 is 9.53 Å². The van der Waals surface area contributed by atoms with Crippen molar-refractivity contribution in [3.63, 3.8) is 0 Å². The lowest BCUT2D eigenvalue weighted by Gasteiger charge is -2.18. The number of rotatable bonds is 5. The molecule has 0 aromatic heterocycles. The number of ether oxygens (including phenoxy) is 1. The second-order valence-electron chi connectivity index (χ2n) is 3.60. The number of carbonyl (C=O) groups excluding carboxylic acids is 1. The highest BCUT2D eigenvalue weighted by atomic mass is 35.5. The predicted molar refractivity (Wildman–Crippen MR) is 69.4 cm³/mol. The monoisotopic (exact) mass is 275 g/mol. The first-order valence-electron chi connectivity index (χ1n) is 5.30. The van der Waals surface area contributed by atoms with Crippen LogP contribution in [-0.4, -0.2) is 31.1 Å². The highest BCUT2D eigenvalue weighted by Gasteiger charge is 2.12.